The summed E-state index contributed by atoms with van der Waals surface area (Å²) in [6.07, 6.45) is 3.78. The quantitative estimate of drug-likeness (QED) is 0.180. The number of rotatable bonds is 10. The molecule has 0 unspecified atom stereocenters. The lowest BCUT2D eigenvalue weighted by molar-refractivity contribution is -0.105. The van der Waals surface area contributed by atoms with E-state index in [4.69, 9.17) is 30.5 Å². The van der Waals surface area contributed by atoms with Crippen LogP contribution in [0.15, 0.2) is 60.8 Å². The molecule has 0 saturated carbocycles. The van der Waals surface area contributed by atoms with Crippen molar-refractivity contribution in [3.05, 3.63) is 77.2 Å². The van der Waals surface area contributed by atoms with Crippen LogP contribution in [0.1, 0.15) is 18.4 Å². The molecule has 1 spiro atoms. The number of likely N-dealkylation sites (tertiary alicyclic amines) is 1. The average molecular weight is 621 g/mol. The molecular formula is C33H34ClFN4O5. The zero-order valence-electron chi connectivity index (χ0n) is 24.6. The monoisotopic (exact) mass is 620 g/mol. The zero-order valence-corrected chi connectivity index (χ0v) is 25.4. The third-order valence-corrected chi connectivity index (χ3v) is 8.30. The molecule has 0 atom stereocenters. The first-order chi connectivity index (χ1) is 21.3. The highest BCUT2D eigenvalue weighted by Gasteiger charge is 2.43. The van der Waals surface area contributed by atoms with Gasteiger partial charge < -0.3 is 34.5 Å². The van der Waals surface area contributed by atoms with Crippen molar-refractivity contribution in [1.82, 2.24) is 9.88 Å². The number of amides is 2. The fourth-order valence-electron chi connectivity index (χ4n) is 5.60. The number of benzene rings is 3. The van der Waals surface area contributed by atoms with Crippen LogP contribution in [0.5, 0.6) is 23.0 Å². The number of methoxy groups -OCH3 is 1. The molecule has 2 fully saturated rings. The smallest absolute Gasteiger partial charge is 0.323 e. The van der Waals surface area contributed by atoms with Crippen LogP contribution in [0.4, 0.5) is 20.6 Å². The van der Waals surface area contributed by atoms with Gasteiger partial charge in [-0.15, -0.1) is 0 Å². The van der Waals surface area contributed by atoms with Crippen LogP contribution in [0, 0.1) is 18.2 Å². The average Bonchev–Trinajstić information content (AvgIpc) is 3.44. The van der Waals surface area contributed by atoms with Gasteiger partial charge in [-0.3, -0.25) is 4.98 Å². The number of hydrogen-bond acceptors (Lipinski definition) is 7. The van der Waals surface area contributed by atoms with E-state index in [2.05, 4.69) is 20.5 Å². The van der Waals surface area contributed by atoms with Crippen LogP contribution >= 0.6 is 11.6 Å². The summed E-state index contributed by atoms with van der Waals surface area (Å²) in [5.41, 5.74) is 2.31. The molecule has 1 aromatic heterocycles. The van der Waals surface area contributed by atoms with Gasteiger partial charge >= 0.3 is 6.03 Å². The molecule has 2 aliphatic rings. The van der Waals surface area contributed by atoms with Gasteiger partial charge in [-0.2, -0.15) is 0 Å². The summed E-state index contributed by atoms with van der Waals surface area (Å²) >= 11 is 6.46. The maximum absolute atomic E-state index is 14.0. The summed E-state index contributed by atoms with van der Waals surface area (Å²) in [5.74, 6) is 1.67. The van der Waals surface area contributed by atoms with Crippen LogP contribution in [0.2, 0.25) is 5.02 Å². The van der Waals surface area contributed by atoms with Gasteiger partial charge in [-0.05, 0) is 68.3 Å². The highest BCUT2D eigenvalue weighted by atomic mass is 35.5. The minimum absolute atomic E-state index is 0.0758. The fraction of sp³-hybridized carbons (Fsp3) is 0.333. The number of carbonyl (C=O) groups excluding carboxylic acids is 1. The van der Waals surface area contributed by atoms with Gasteiger partial charge in [0.2, 0.25) is 0 Å². The molecule has 3 heterocycles. The molecule has 4 aromatic rings. The number of fused-ring (bicyclic) bond motifs is 1. The number of nitrogens with one attached hydrogen (secondary N) is 2. The molecule has 3 aromatic carbocycles. The number of aromatic nitrogens is 1. The molecule has 2 amide bonds. The molecule has 6 rings (SSSR count). The Bertz CT molecular complexity index is 1680. The molecule has 2 N–H and O–H groups in total. The third-order valence-electron chi connectivity index (χ3n) is 7.98. The van der Waals surface area contributed by atoms with Gasteiger partial charge in [0.05, 0.1) is 48.8 Å². The van der Waals surface area contributed by atoms with Crippen molar-refractivity contribution in [2.45, 2.75) is 19.8 Å². The number of pyridine rings is 1. The second-order valence-electron chi connectivity index (χ2n) is 11.4. The van der Waals surface area contributed by atoms with Crippen LogP contribution in [-0.2, 0) is 4.74 Å². The maximum Gasteiger partial charge on any atom is 0.323 e. The Kier molecular flexibility index (Phi) is 8.74. The summed E-state index contributed by atoms with van der Waals surface area (Å²) in [6.45, 7) is 7.36. The van der Waals surface area contributed by atoms with Crippen LogP contribution < -0.4 is 24.8 Å². The predicted octanol–water partition coefficient (Wildman–Crippen LogP) is 7.27. The highest BCUT2D eigenvalue weighted by Crippen LogP contribution is 2.39. The predicted molar refractivity (Wildman–Crippen MR) is 168 cm³/mol. The van der Waals surface area contributed by atoms with Crippen molar-refractivity contribution < 1.29 is 28.1 Å². The number of halogens is 2. The minimum atomic E-state index is -0.622. The third kappa shape index (κ3) is 6.67. The number of aryl methyl sites for hydroxylation is 1. The van der Waals surface area contributed by atoms with E-state index in [1.807, 2.05) is 19.1 Å². The molecule has 0 bridgehead atoms. The van der Waals surface area contributed by atoms with Crippen molar-refractivity contribution in [3.63, 3.8) is 0 Å². The summed E-state index contributed by atoms with van der Waals surface area (Å²) < 4.78 is 37.4. The fourth-order valence-corrected chi connectivity index (χ4v) is 5.82. The van der Waals surface area contributed by atoms with Gasteiger partial charge in [0.15, 0.2) is 11.5 Å². The molecule has 44 heavy (non-hydrogen) atoms. The van der Waals surface area contributed by atoms with Gasteiger partial charge in [-0.25, -0.2) is 9.18 Å². The molecular weight excluding hydrogens is 587 g/mol. The largest absolute Gasteiger partial charge is 0.493 e. The normalized spacial score (nSPS) is 15.6. The number of urea groups is 1. The summed E-state index contributed by atoms with van der Waals surface area (Å²) in [5, 5.41) is 6.13. The van der Waals surface area contributed by atoms with Crippen molar-refractivity contribution in [1.29, 1.82) is 0 Å². The molecule has 230 valence electrons. The first-order valence-corrected chi connectivity index (χ1v) is 14.9. The Balaban J connectivity index is 1.09. The Morgan fingerprint density at radius 1 is 1.07 bits per heavy atom. The molecule has 2 saturated heterocycles. The maximum atomic E-state index is 14.0. The van der Waals surface area contributed by atoms with E-state index in [1.165, 1.54) is 12.5 Å². The number of nitrogens with zero attached hydrogens (tertiary/aromatic N) is 2. The SMILES string of the molecule is COc1cc2c(Oc3ccc(NC(=O)Nc4cc(C)ccc4F)c(Cl)c3)ccnc2cc1OCCCN1CCC2(COC2)C1. The van der Waals surface area contributed by atoms with E-state index in [0.717, 1.165) is 50.2 Å². The lowest BCUT2D eigenvalue weighted by Gasteiger charge is -2.37. The first kappa shape index (κ1) is 29.9. The van der Waals surface area contributed by atoms with E-state index in [9.17, 15) is 9.18 Å². The number of carbonyl (C=O) groups is 1. The van der Waals surface area contributed by atoms with Crippen molar-refractivity contribution in [3.8, 4) is 23.0 Å². The molecule has 2 aliphatic heterocycles. The van der Waals surface area contributed by atoms with Gasteiger partial charge in [0, 0.05) is 42.2 Å². The minimum Gasteiger partial charge on any atom is -0.493 e. The Morgan fingerprint density at radius 3 is 2.66 bits per heavy atom. The van der Waals surface area contributed by atoms with Crippen molar-refractivity contribution in [2.75, 3.05) is 57.2 Å². The number of ether oxygens (including phenoxy) is 4. The van der Waals surface area contributed by atoms with E-state index >= 15 is 0 Å². The first-order valence-electron chi connectivity index (χ1n) is 14.5. The van der Waals surface area contributed by atoms with Gasteiger partial charge in [0.25, 0.3) is 0 Å². The van der Waals surface area contributed by atoms with Crippen LogP contribution in [-0.4, -0.2) is 62.5 Å². The van der Waals surface area contributed by atoms with E-state index in [-0.39, 0.29) is 10.7 Å². The van der Waals surface area contributed by atoms with Crippen LogP contribution in [0.25, 0.3) is 10.9 Å². The summed E-state index contributed by atoms with van der Waals surface area (Å²) in [7, 11) is 1.60. The lowest BCUT2D eigenvalue weighted by Crippen LogP contribution is -2.44. The van der Waals surface area contributed by atoms with Gasteiger partial charge in [-0.1, -0.05) is 17.7 Å². The van der Waals surface area contributed by atoms with Crippen molar-refractivity contribution >= 4 is 39.9 Å². The highest BCUT2D eigenvalue weighted by molar-refractivity contribution is 6.34. The molecule has 0 aliphatic carbocycles. The van der Waals surface area contributed by atoms with E-state index < -0.39 is 11.8 Å². The van der Waals surface area contributed by atoms with Crippen molar-refractivity contribution in [2.24, 2.45) is 5.41 Å². The number of anilines is 2. The lowest BCUT2D eigenvalue weighted by atomic mass is 9.85. The topological polar surface area (TPSA) is 94.2 Å². The second-order valence-corrected chi connectivity index (χ2v) is 11.8. The molecule has 11 heteroatoms. The standard InChI is InChI=1S/C33H34ClFN4O5/c1-21-4-6-25(35)28(14-21)38-32(40)37-26-7-5-22(15-24(26)34)44-29-8-10-36-27-17-31(30(41-2)16-23(27)29)43-13-3-11-39-12-9-33(18-39)19-42-20-33/h4-8,10,14-17H,3,9,11-13,18-20H2,1-2H3,(H2,37,38,40). The summed E-state index contributed by atoms with van der Waals surface area (Å²) in [4.78, 5) is 19.5. The zero-order chi connectivity index (χ0) is 30.7. The Labute approximate surface area is 260 Å². The molecule has 9 nitrogen and oxygen atoms in total. The molecule has 0 radical (unpaired) electrons. The Hall–Kier alpha value is -4.12. The number of hydrogen-bond donors (Lipinski definition) is 2. The van der Waals surface area contributed by atoms with E-state index in [1.54, 1.807) is 49.7 Å². The van der Waals surface area contributed by atoms with Crippen LogP contribution in [0.3, 0.4) is 0 Å². The Morgan fingerprint density at radius 2 is 1.91 bits per heavy atom. The van der Waals surface area contributed by atoms with Gasteiger partial charge in [0.1, 0.15) is 17.3 Å². The second kappa shape index (κ2) is 12.9. The summed E-state index contributed by atoms with van der Waals surface area (Å²) in [6, 6.07) is 14.2. The van der Waals surface area contributed by atoms with E-state index in [0.29, 0.717) is 46.2 Å².